The quantitative estimate of drug-likeness (QED) is 0.255. The van der Waals surface area contributed by atoms with Crippen molar-refractivity contribution >= 4 is 38.3 Å². The lowest BCUT2D eigenvalue weighted by molar-refractivity contribution is 0.194. The second kappa shape index (κ2) is 9.97. The molecular formula is C26H29N5O7S. The summed E-state index contributed by atoms with van der Waals surface area (Å²) in [5.41, 5.74) is 2.92. The summed E-state index contributed by atoms with van der Waals surface area (Å²) in [5, 5.41) is 15.0. The molecule has 0 spiro atoms. The Morgan fingerprint density at radius 3 is 2.33 bits per heavy atom. The van der Waals surface area contributed by atoms with Gasteiger partial charge < -0.3 is 28.8 Å². The molecule has 2 aromatic carbocycles. The number of sulfonamides is 1. The van der Waals surface area contributed by atoms with E-state index in [9.17, 15) is 8.42 Å². The highest BCUT2D eigenvalue weighted by Gasteiger charge is 2.30. The summed E-state index contributed by atoms with van der Waals surface area (Å²) in [7, 11) is 0.156. The number of hydrogen-bond acceptors (Lipinski definition) is 10. The van der Waals surface area contributed by atoms with E-state index in [2.05, 4.69) is 25.4 Å². The molecule has 12 nitrogen and oxygen atoms in total. The average Bonchev–Trinajstić information content (AvgIpc) is 3.29. The van der Waals surface area contributed by atoms with Crippen LogP contribution < -0.4 is 24.2 Å². The van der Waals surface area contributed by atoms with Gasteiger partial charge in [-0.25, -0.2) is 8.42 Å². The van der Waals surface area contributed by atoms with E-state index in [0.717, 1.165) is 30.5 Å². The van der Waals surface area contributed by atoms with Crippen molar-refractivity contribution in [2.45, 2.75) is 36.0 Å². The fourth-order valence-corrected chi connectivity index (χ4v) is 6.14. The molecule has 39 heavy (non-hydrogen) atoms. The number of ether oxygens (including phenoxy) is 4. The SMILES string of the molecule is COc1cc2c(NS(=O)(=O)c3c(OC)cc(C4CCOC4)cc3OC)noc2cc1Nc1cc(C2CC2)[nH]n1. The Labute approximate surface area is 225 Å². The number of benzene rings is 2. The van der Waals surface area contributed by atoms with Gasteiger partial charge in [-0.3, -0.25) is 9.82 Å². The monoisotopic (exact) mass is 555 g/mol. The zero-order valence-electron chi connectivity index (χ0n) is 21.7. The van der Waals surface area contributed by atoms with E-state index in [1.165, 1.54) is 21.3 Å². The van der Waals surface area contributed by atoms with E-state index >= 15 is 0 Å². The van der Waals surface area contributed by atoms with Gasteiger partial charge in [0.25, 0.3) is 10.0 Å². The van der Waals surface area contributed by atoms with E-state index in [0.29, 0.717) is 47.4 Å². The van der Waals surface area contributed by atoms with E-state index in [-0.39, 0.29) is 28.1 Å². The molecule has 3 N–H and O–H groups in total. The number of fused-ring (bicyclic) bond motifs is 1. The molecule has 0 bridgehead atoms. The van der Waals surface area contributed by atoms with E-state index in [1.807, 2.05) is 6.07 Å². The highest BCUT2D eigenvalue weighted by atomic mass is 32.2. The minimum atomic E-state index is -4.20. The highest BCUT2D eigenvalue weighted by Crippen LogP contribution is 2.42. The van der Waals surface area contributed by atoms with Crippen molar-refractivity contribution in [3.05, 3.63) is 41.6 Å². The number of aromatic nitrogens is 3. The van der Waals surface area contributed by atoms with Crippen LogP contribution in [0.25, 0.3) is 11.0 Å². The largest absolute Gasteiger partial charge is 0.495 e. The third kappa shape index (κ3) is 4.83. The average molecular weight is 556 g/mol. The molecule has 0 amide bonds. The van der Waals surface area contributed by atoms with Gasteiger partial charge in [0.2, 0.25) is 0 Å². The Hall–Kier alpha value is -3.97. The first-order valence-electron chi connectivity index (χ1n) is 12.6. The second-order valence-electron chi connectivity index (χ2n) is 9.61. The smallest absolute Gasteiger partial charge is 0.270 e. The molecule has 1 aliphatic carbocycles. The van der Waals surface area contributed by atoms with Gasteiger partial charge >= 0.3 is 0 Å². The number of nitrogens with one attached hydrogen (secondary N) is 3. The fourth-order valence-electron chi connectivity index (χ4n) is 4.82. The van der Waals surface area contributed by atoms with Gasteiger partial charge in [0.1, 0.15) is 17.2 Å². The van der Waals surface area contributed by atoms with Crippen molar-refractivity contribution in [2.75, 3.05) is 44.6 Å². The van der Waals surface area contributed by atoms with Crippen molar-refractivity contribution in [3.63, 3.8) is 0 Å². The van der Waals surface area contributed by atoms with Crippen LogP contribution in [0, 0.1) is 0 Å². The number of H-pyrrole nitrogens is 1. The fraction of sp³-hybridized carbons (Fsp3) is 0.385. The molecule has 2 fully saturated rings. The van der Waals surface area contributed by atoms with Gasteiger partial charge in [0.05, 0.1) is 39.0 Å². The van der Waals surface area contributed by atoms with Crippen LogP contribution in [-0.2, 0) is 14.8 Å². The number of anilines is 3. The summed E-state index contributed by atoms with van der Waals surface area (Å²) >= 11 is 0. The Balaban J connectivity index is 1.32. The number of methoxy groups -OCH3 is 3. The van der Waals surface area contributed by atoms with Crippen molar-refractivity contribution in [2.24, 2.45) is 0 Å². The lowest BCUT2D eigenvalue weighted by atomic mass is 9.98. The van der Waals surface area contributed by atoms with Gasteiger partial charge in [-0.2, -0.15) is 5.10 Å². The highest BCUT2D eigenvalue weighted by molar-refractivity contribution is 7.93. The summed E-state index contributed by atoms with van der Waals surface area (Å²) in [6.45, 7) is 1.21. The molecule has 3 heterocycles. The molecule has 1 unspecified atom stereocenters. The standard InChI is InChI=1S/C26H29N5O7S/c1-34-21-10-17-20(11-19(21)27-24-12-18(28-29-24)14-4-5-14)38-30-26(17)31-39(32,33)25-22(35-2)8-16(9-23(25)36-3)15-6-7-37-13-15/h8-12,14-15H,4-7,13H2,1-3H3,(H,30,31)(H2,27,28,29). The Morgan fingerprint density at radius 2 is 1.69 bits per heavy atom. The number of aromatic amines is 1. The molecule has 1 saturated heterocycles. The Morgan fingerprint density at radius 1 is 0.949 bits per heavy atom. The Kier molecular flexibility index (Phi) is 6.47. The molecular weight excluding hydrogens is 526 g/mol. The lowest BCUT2D eigenvalue weighted by Crippen LogP contribution is -2.16. The van der Waals surface area contributed by atoms with Gasteiger partial charge in [-0.05, 0) is 43.0 Å². The predicted molar refractivity (Wildman–Crippen MR) is 143 cm³/mol. The van der Waals surface area contributed by atoms with Gasteiger partial charge in [-0.15, -0.1) is 0 Å². The molecule has 13 heteroatoms. The van der Waals surface area contributed by atoms with E-state index in [4.69, 9.17) is 23.5 Å². The van der Waals surface area contributed by atoms with Crippen LogP contribution in [-0.4, -0.2) is 58.3 Å². The summed E-state index contributed by atoms with van der Waals surface area (Å²) in [6, 6.07) is 8.72. The maximum Gasteiger partial charge on any atom is 0.270 e. The van der Waals surface area contributed by atoms with Crippen LogP contribution in [0.2, 0.25) is 0 Å². The van der Waals surface area contributed by atoms with Crippen molar-refractivity contribution in [1.29, 1.82) is 0 Å². The number of nitrogens with zero attached hydrogens (tertiary/aromatic N) is 2. The van der Waals surface area contributed by atoms with Crippen molar-refractivity contribution in [1.82, 2.24) is 15.4 Å². The van der Waals surface area contributed by atoms with Gasteiger partial charge in [-0.1, -0.05) is 5.16 Å². The topological polar surface area (TPSA) is 150 Å². The Bertz CT molecular complexity index is 1600. The minimum Gasteiger partial charge on any atom is -0.495 e. The summed E-state index contributed by atoms with van der Waals surface area (Å²) < 4.78 is 57.3. The molecule has 1 saturated carbocycles. The van der Waals surface area contributed by atoms with E-state index in [1.54, 1.807) is 24.3 Å². The second-order valence-corrected chi connectivity index (χ2v) is 11.2. The maximum atomic E-state index is 13.6. The van der Waals surface area contributed by atoms with Gasteiger partial charge in [0, 0.05) is 36.3 Å². The molecule has 206 valence electrons. The zero-order valence-corrected chi connectivity index (χ0v) is 22.6. The van der Waals surface area contributed by atoms with Crippen LogP contribution in [0.15, 0.2) is 39.8 Å². The number of rotatable bonds is 10. The maximum absolute atomic E-state index is 13.6. The molecule has 4 aromatic rings. The van der Waals surface area contributed by atoms with Crippen molar-refractivity contribution < 1.29 is 31.9 Å². The summed E-state index contributed by atoms with van der Waals surface area (Å²) in [6.07, 6.45) is 3.15. The number of hydrogen-bond donors (Lipinski definition) is 3. The molecule has 1 atom stereocenters. The van der Waals surface area contributed by atoms with E-state index < -0.39 is 10.0 Å². The normalized spacial score (nSPS) is 17.4. The third-order valence-electron chi connectivity index (χ3n) is 7.05. The third-order valence-corrected chi connectivity index (χ3v) is 8.46. The first kappa shape index (κ1) is 25.3. The predicted octanol–water partition coefficient (Wildman–Crippen LogP) is 4.50. The zero-order chi connectivity index (χ0) is 27.1. The first-order valence-corrected chi connectivity index (χ1v) is 14.0. The lowest BCUT2D eigenvalue weighted by Gasteiger charge is -2.18. The summed E-state index contributed by atoms with van der Waals surface area (Å²) in [5.74, 6) is 2.09. The van der Waals surface area contributed by atoms with Crippen LogP contribution >= 0.6 is 0 Å². The minimum absolute atomic E-state index is 0.00279. The van der Waals surface area contributed by atoms with Crippen LogP contribution in [0.3, 0.4) is 0 Å². The van der Waals surface area contributed by atoms with Crippen molar-refractivity contribution in [3.8, 4) is 17.2 Å². The van der Waals surface area contributed by atoms with Crippen LogP contribution in [0.4, 0.5) is 17.3 Å². The summed E-state index contributed by atoms with van der Waals surface area (Å²) in [4.78, 5) is -0.137. The molecule has 2 aliphatic rings. The molecule has 6 rings (SSSR count). The van der Waals surface area contributed by atoms with Crippen LogP contribution in [0.1, 0.15) is 42.4 Å². The molecule has 1 aliphatic heterocycles. The molecule has 2 aromatic heterocycles. The van der Waals surface area contributed by atoms with Gasteiger partial charge in [0.15, 0.2) is 22.1 Å². The molecule has 0 radical (unpaired) electrons. The van der Waals surface area contributed by atoms with Crippen LogP contribution in [0.5, 0.6) is 17.2 Å². The first-order chi connectivity index (χ1) is 18.9.